The molecule has 0 saturated carbocycles. The van der Waals surface area contributed by atoms with Gasteiger partial charge in [-0.2, -0.15) is 16.8 Å². The zero-order valence-electron chi connectivity index (χ0n) is 25.2. The molecule has 0 fully saturated rings. The summed E-state index contributed by atoms with van der Waals surface area (Å²) >= 11 is 0. The Morgan fingerprint density at radius 1 is 0.643 bits per heavy atom. The summed E-state index contributed by atoms with van der Waals surface area (Å²) in [5.74, 6) is 0. The number of aliphatic hydroxyl groups excluding tert-OH is 2. The fourth-order valence-electron chi connectivity index (χ4n) is 3.64. The molecule has 1 unspecified atom stereocenters. The number of hydrogen-bond acceptors (Lipinski definition) is 8. The number of aryl methyl sites for hydroxylation is 2. The Hall–Kier alpha value is -1.90. The van der Waals surface area contributed by atoms with Gasteiger partial charge in [-0.15, -0.1) is 0 Å². The van der Waals surface area contributed by atoms with Crippen molar-refractivity contribution < 1.29 is 45.6 Å². The van der Waals surface area contributed by atoms with E-state index in [1.807, 2.05) is 13.8 Å². The SMILES string of the molecule is CCCCCCCCCCC(COCCO)OCCO.Cc1ccc(S(=O)(=O)O)cc1.Cc1ccc(S(=O)(=O)O)cc1. The highest BCUT2D eigenvalue weighted by atomic mass is 32.2. The average molecular weight is 635 g/mol. The quantitative estimate of drug-likeness (QED) is 0.123. The van der Waals surface area contributed by atoms with Crippen LogP contribution in [0.4, 0.5) is 0 Å². The van der Waals surface area contributed by atoms with Crippen LogP contribution in [0.1, 0.15) is 75.8 Å². The molecule has 0 aliphatic heterocycles. The molecule has 1 atom stereocenters. The number of benzene rings is 2. The first-order valence-electron chi connectivity index (χ1n) is 14.3. The van der Waals surface area contributed by atoms with E-state index in [2.05, 4.69) is 6.92 Å². The Balaban J connectivity index is 0.000000645. The largest absolute Gasteiger partial charge is 0.394 e. The Morgan fingerprint density at radius 3 is 1.43 bits per heavy atom. The number of unbranched alkanes of at least 4 members (excludes halogenated alkanes) is 7. The summed E-state index contributed by atoms with van der Waals surface area (Å²) in [5.41, 5.74) is 1.91. The van der Waals surface area contributed by atoms with E-state index in [-0.39, 0.29) is 29.1 Å². The van der Waals surface area contributed by atoms with Gasteiger partial charge in [-0.1, -0.05) is 93.7 Å². The van der Waals surface area contributed by atoms with Crippen LogP contribution in [0.25, 0.3) is 0 Å². The highest BCUT2D eigenvalue weighted by molar-refractivity contribution is 7.86. The molecule has 0 radical (unpaired) electrons. The molecule has 0 aromatic heterocycles. The molecule has 12 heteroatoms. The van der Waals surface area contributed by atoms with Crippen LogP contribution in [0.5, 0.6) is 0 Å². The zero-order chi connectivity index (χ0) is 31.9. The van der Waals surface area contributed by atoms with Crippen LogP contribution in [0, 0.1) is 13.8 Å². The average Bonchev–Trinajstić information content (AvgIpc) is 2.93. The minimum Gasteiger partial charge on any atom is -0.394 e. The van der Waals surface area contributed by atoms with Crippen molar-refractivity contribution in [3.05, 3.63) is 59.7 Å². The minimum absolute atomic E-state index is 0.0461. The van der Waals surface area contributed by atoms with E-state index in [1.54, 1.807) is 24.3 Å². The third-order valence-electron chi connectivity index (χ3n) is 6.00. The van der Waals surface area contributed by atoms with Gasteiger partial charge in [0.05, 0.1) is 48.9 Å². The van der Waals surface area contributed by atoms with Crippen molar-refractivity contribution in [3.8, 4) is 0 Å². The third kappa shape index (κ3) is 21.8. The zero-order valence-corrected chi connectivity index (χ0v) is 26.8. The van der Waals surface area contributed by atoms with Crippen molar-refractivity contribution in [2.75, 3.05) is 33.0 Å². The Bertz CT molecular complexity index is 1060. The molecule has 4 N–H and O–H groups in total. The second-order valence-corrected chi connectivity index (χ2v) is 12.7. The van der Waals surface area contributed by atoms with E-state index >= 15 is 0 Å². The molecular weight excluding hydrogens is 584 g/mol. The van der Waals surface area contributed by atoms with Crippen molar-refractivity contribution >= 4 is 20.2 Å². The summed E-state index contributed by atoms with van der Waals surface area (Å²) < 4.78 is 70.0. The van der Waals surface area contributed by atoms with Crippen LogP contribution < -0.4 is 0 Å². The Morgan fingerprint density at radius 2 is 1.05 bits per heavy atom. The van der Waals surface area contributed by atoms with Crippen LogP contribution in [0.2, 0.25) is 0 Å². The lowest BCUT2D eigenvalue weighted by molar-refractivity contribution is -0.0376. The number of hydrogen-bond donors (Lipinski definition) is 4. The molecule has 2 aromatic rings. The van der Waals surface area contributed by atoms with Crippen LogP contribution in [-0.2, 0) is 29.7 Å². The lowest BCUT2D eigenvalue weighted by atomic mass is 10.1. The monoisotopic (exact) mass is 634 g/mol. The number of ether oxygens (including phenoxy) is 2. The van der Waals surface area contributed by atoms with Crippen molar-refractivity contribution in [1.82, 2.24) is 0 Å². The fourth-order valence-corrected chi connectivity index (χ4v) is 4.60. The first-order chi connectivity index (χ1) is 19.8. The Labute approximate surface area is 252 Å². The van der Waals surface area contributed by atoms with Crippen LogP contribution in [0.15, 0.2) is 58.3 Å². The molecule has 0 bridgehead atoms. The van der Waals surface area contributed by atoms with Gasteiger partial charge in [0, 0.05) is 0 Å². The van der Waals surface area contributed by atoms with Crippen molar-refractivity contribution in [3.63, 3.8) is 0 Å². The summed E-state index contributed by atoms with van der Waals surface area (Å²) in [6.45, 7) is 7.25. The molecule has 0 spiro atoms. The topological polar surface area (TPSA) is 168 Å². The van der Waals surface area contributed by atoms with E-state index in [0.29, 0.717) is 19.8 Å². The van der Waals surface area contributed by atoms with Gasteiger partial charge in [-0.3, -0.25) is 9.11 Å². The molecule has 0 amide bonds. The van der Waals surface area contributed by atoms with Gasteiger partial charge in [-0.25, -0.2) is 0 Å². The van der Waals surface area contributed by atoms with Crippen LogP contribution in [0.3, 0.4) is 0 Å². The summed E-state index contributed by atoms with van der Waals surface area (Å²) in [5, 5.41) is 17.5. The molecule has 42 heavy (non-hydrogen) atoms. The summed E-state index contributed by atoms with van der Waals surface area (Å²) in [6, 6.07) is 12.0. The number of aliphatic hydroxyl groups is 2. The standard InChI is InChI=1S/C16H34O4.2C7H8O3S/c1-2-3-4-5-6-7-8-9-10-16(20-14-12-18)15-19-13-11-17;2*1-6-2-4-7(5-3-6)11(8,9)10/h16-18H,2-15H2,1H3;2*2-5H,1H3,(H,8,9,10). The van der Waals surface area contributed by atoms with Crippen molar-refractivity contribution in [1.29, 1.82) is 0 Å². The Kier molecular flexibility index (Phi) is 22.5. The van der Waals surface area contributed by atoms with E-state index in [4.69, 9.17) is 28.8 Å². The van der Waals surface area contributed by atoms with Crippen LogP contribution in [-0.4, -0.2) is 75.3 Å². The molecule has 0 heterocycles. The van der Waals surface area contributed by atoms with Gasteiger partial charge in [0.25, 0.3) is 20.2 Å². The van der Waals surface area contributed by atoms with Gasteiger partial charge < -0.3 is 19.7 Å². The molecule has 0 saturated heterocycles. The van der Waals surface area contributed by atoms with E-state index < -0.39 is 20.2 Å². The summed E-state index contributed by atoms with van der Waals surface area (Å²) in [7, 11) is -8.04. The molecule has 0 aliphatic carbocycles. The minimum atomic E-state index is -4.02. The predicted octanol–water partition coefficient (Wildman–Crippen LogP) is 5.39. The molecule has 2 rings (SSSR count). The maximum Gasteiger partial charge on any atom is 0.294 e. The van der Waals surface area contributed by atoms with Gasteiger partial charge >= 0.3 is 0 Å². The third-order valence-corrected chi connectivity index (χ3v) is 7.74. The highest BCUT2D eigenvalue weighted by Crippen LogP contribution is 2.13. The fraction of sp³-hybridized carbons (Fsp3) is 0.600. The first kappa shape index (κ1) is 40.1. The molecule has 0 aliphatic rings. The first-order valence-corrected chi connectivity index (χ1v) is 17.2. The van der Waals surface area contributed by atoms with Gasteiger partial charge in [0.2, 0.25) is 0 Å². The lowest BCUT2D eigenvalue weighted by Crippen LogP contribution is -2.22. The molecule has 242 valence electrons. The molecule has 2 aromatic carbocycles. The second-order valence-electron chi connectivity index (χ2n) is 9.85. The predicted molar refractivity (Wildman–Crippen MR) is 164 cm³/mol. The highest BCUT2D eigenvalue weighted by Gasteiger charge is 2.09. The van der Waals surface area contributed by atoms with Gasteiger partial charge in [0.1, 0.15) is 0 Å². The van der Waals surface area contributed by atoms with Crippen LogP contribution >= 0.6 is 0 Å². The maximum atomic E-state index is 10.5. The van der Waals surface area contributed by atoms with Gasteiger partial charge in [0.15, 0.2) is 0 Å². The van der Waals surface area contributed by atoms with Gasteiger partial charge in [-0.05, 0) is 44.5 Å². The van der Waals surface area contributed by atoms with Crippen molar-refractivity contribution in [2.24, 2.45) is 0 Å². The summed E-state index contributed by atoms with van der Waals surface area (Å²) in [6.07, 6.45) is 11.4. The second kappa shape index (κ2) is 23.5. The van der Waals surface area contributed by atoms with E-state index in [1.165, 1.54) is 69.2 Å². The van der Waals surface area contributed by atoms with E-state index in [0.717, 1.165) is 24.0 Å². The maximum absolute atomic E-state index is 10.5. The molecular formula is C30H50O10S2. The van der Waals surface area contributed by atoms with E-state index in [9.17, 15) is 16.8 Å². The van der Waals surface area contributed by atoms with Crippen molar-refractivity contribution in [2.45, 2.75) is 94.5 Å². The smallest absolute Gasteiger partial charge is 0.294 e. The lowest BCUT2D eigenvalue weighted by Gasteiger charge is -2.17. The summed E-state index contributed by atoms with van der Waals surface area (Å²) in [4.78, 5) is -0.133. The normalized spacial score (nSPS) is 12.1. The molecule has 10 nitrogen and oxygen atoms in total. The number of rotatable bonds is 18.